The third-order valence-electron chi connectivity index (χ3n) is 4.83. The van der Waals surface area contributed by atoms with Crippen molar-refractivity contribution in [1.82, 2.24) is 4.90 Å². The van der Waals surface area contributed by atoms with Crippen LogP contribution >= 0.6 is 11.6 Å². The van der Waals surface area contributed by atoms with Crippen LogP contribution in [0.5, 0.6) is 5.75 Å². The average Bonchev–Trinajstić information content (AvgIpc) is 3.04. The van der Waals surface area contributed by atoms with Gasteiger partial charge in [-0.25, -0.2) is 9.18 Å². The summed E-state index contributed by atoms with van der Waals surface area (Å²) in [5, 5.41) is 10.2. The van der Waals surface area contributed by atoms with E-state index < -0.39 is 11.9 Å². The lowest BCUT2D eigenvalue weighted by atomic mass is 10.0. The standard InChI is InChI=1S/C20H22ClFN2O3/c1-23-6-5-13(11-23)12-24(20(25)26)19-4-3-16(22)10-18(19)14-7-15(21)9-17(8-14)27-2/h3-4,7-10,13H,5-6,11-12H2,1-2H3,(H,25,26). The number of amides is 1. The Balaban J connectivity index is 2.04. The SMILES string of the molecule is COc1cc(Cl)cc(-c2cc(F)ccc2N(CC2CCN(C)C2)C(=O)O)c1. The van der Waals surface area contributed by atoms with Crippen molar-refractivity contribution in [3.8, 4) is 16.9 Å². The van der Waals surface area contributed by atoms with Gasteiger partial charge in [-0.05, 0) is 67.9 Å². The van der Waals surface area contributed by atoms with Crippen molar-refractivity contribution in [2.24, 2.45) is 5.92 Å². The Labute approximate surface area is 162 Å². The van der Waals surface area contributed by atoms with E-state index in [9.17, 15) is 14.3 Å². The molecule has 144 valence electrons. The number of halogens is 2. The fourth-order valence-corrected chi connectivity index (χ4v) is 3.75. The predicted octanol–water partition coefficient (Wildman–Crippen LogP) is 4.59. The lowest BCUT2D eigenvalue weighted by Gasteiger charge is -2.25. The van der Waals surface area contributed by atoms with E-state index in [1.54, 1.807) is 18.2 Å². The maximum Gasteiger partial charge on any atom is 0.411 e. The van der Waals surface area contributed by atoms with E-state index in [2.05, 4.69) is 4.90 Å². The predicted molar refractivity (Wildman–Crippen MR) is 104 cm³/mol. The first-order chi connectivity index (χ1) is 12.9. The van der Waals surface area contributed by atoms with Gasteiger partial charge in [0, 0.05) is 23.7 Å². The number of ether oxygens (including phenoxy) is 1. The van der Waals surface area contributed by atoms with E-state index in [1.165, 1.54) is 30.2 Å². The molecule has 1 fully saturated rings. The molecule has 7 heteroatoms. The van der Waals surface area contributed by atoms with Gasteiger partial charge >= 0.3 is 6.09 Å². The van der Waals surface area contributed by atoms with Gasteiger partial charge in [0.05, 0.1) is 12.8 Å². The monoisotopic (exact) mass is 392 g/mol. The van der Waals surface area contributed by atoms with Crippen LogP contribution in [-0.4, -0.2) is 49.9 Å². The molecule has 0 bridgehead atoms. The van der Waals surface area contributed by atoms with E-state index >= 15 is 0 Å². The number of methoxy groups -OCH3 is 1. The summed E-state index contributed by atoms with van der Waals surface area (Å²) in [6.45, 7) is 2.14. The summed E-state index contributed by atoms with van der Waals surface area (Å²) >= 11 is 6.16. The van der Waals surface area contributed by atoms with Crippen LogP contribution in [0.4, 0.5) is 14.9 Å². The van der Waals surface area contributed by atoms with Crippen LogP contribution in [0.15, 0.2) is 36.4 Å². The molecule has 5 nitrogen and oxygen atoms in total. The largest absolute Gasteiger partial charge is 0.497 e. The molecular formula is C20H22ClFN2O3. The van der Waals surface area contributed by atoms with Crippen molar-refractivity contribution in [2.75, 3.05) is 38.7 Å². The molecule has 1 aliphatic rings. The molecule has 0 spiro atoms. The number of nitrogens with zero attached hydrogens (tertiary/aromatic N) is 2. The first kappa shape index (κ1) is 19.5. The van der Waals surface area contributed by atoms with Gasteiger partial charge in [-0.3, -0.25) is 4.90 Å². The molecule has 27 heavy (non-hydrogen) atoms. The Morgan fingerprint density at radius 1 is 1.37 bits per heavy atom. The summed E-state index contributed by atoms with van der Waals surface area (Å²) in [5.74, 6) is 0.309. The van der Waals surface area contributed by atoms with Crippen LogP contribution in [-0.2, 0) is 0 Å². The van der Waals surface area contributed by atoms with Gasteiger partial charge in [0.25, 0.3) is 0 Å². The molecule has 1 aliphatic heterocycles. The minimum absolute atomic E-state index is 0.234. The Morgan fingerprint density at radius 2 is 2.15 bits per heavy atom. The molecule has 2 aromatic carbocycles. The number of hydrogen-bond donors (Lipinski definition) is 1. The Hall–Kier alpha value is -2.31. The molecule has 0 saturated carbocycles. The molecule has 0 radical (unpaired) electrons. The van der Waals surface area contributed by atoms with E-state index in [-0.39, 0.29) is 5.92 Å². The third-order valence-corrected chi connectivity index (χ3v) is 5.05. The lowest BCUT2D eigenvalue weighted by molar-refractivity contribution is 0.200. The molecule has 1 atom stereocenters. The molecule has 0 aromatic heterocycles. The number of benzene rings is 2. The molecule has 1 heterocycles. The van der Waals surface area contributed by atoms with E-state index in [1.807, 2.05) is 7.05 Å². The summed E-state index contributed by atoms with van der Waals surface area (Å²) < 4.78 is 19.2. The molecule has 1 N–H and O–H groups in total. The number of hydrogen-bond acceptors (Lipinski definition) is 3. The van der Waals surface area contributed by atoms with Crippen molar-refractivity contribution in [3.63, 3.8) is 0 Å². The summed E-state index contributed by atoms with van der Waals surface area (Å²) in [6.07, 6.45) is -0.131. The minimum atomic E-state index is -1.06. The summed E-state index contributed by atoms with van der Waals surface area (Å²) in [5.41, 5.74) is 1.50. The maximum atomic E-state index is 14.0. The molecule has 2 aromatic rings. The highest BCUT2D eigenvalue weighted by Crippen LogP contribution is 2.36. The second kappa shape index (κ2) is 8.15. The van der Waals surface area contributed by atoms with Crippen molar-refractivity contribution < 1.29 is 19.0 Å². The number of rotatable bonds is 5. The number of likely N-dealkylation sites (tertiary alicyclic amines) is 1. The van der Waals surface area contributed by atoms with Crippen molar-refractivity contribution in [3.05, 3.63) is 47.2 Å². The minimum Gasteiger partial charge on any atom is -0.497 e. The topological polar surface area (TPSA) is 53.0 Å². The van der Waals surface area contributed by atoms with Gasteiger partial charge in [0.1, 0.15) is 11.6 Å². The number of anilines is 1. The van der Waals surface area contributed by atoms with Gasteiger partial charge in [-0.15, -0.1) is 0 Å². The highest BCUT2D eigenvalue weighted by Gasteiger charge is 2.27. The Morgan fingerprint density at radius 3 is 2.78 bits per heavy atom. The second-order valence-electron chi connectivity index (χ2n) is 6.85. The average molecular weight is 393 g/mol. The van der Waals surface area contributed by atoms with Gasteiger partial charge in [-0.2, -0.15) is 0 Å². The third kappa shape index (κ3) is 4.51. The lowest BCUT2D eigenvalue weighted by Crippen LogP contribution is -2.35. The molecule has 0 aliphatic carbocycles. The van der Waals surface area contributed by atoms with Gasteiger partial charge in [0.15, 0.2) is 0 Å². The normalized spacial score (nSPS) is 17.1. The first-order valence-electron chi connectivity index (χ1n) is 8.71. The van der Waals surface area contributed by atoms with Crippen molar-refractivity contribution in [2.45, 2.75) is 6.42 Å². The fourth-order valence-electron chi connectivity index (χ4n) is 3.52. The van der Waals surface area contributed by atoms with Crippen LogP contribution in [0.25, 0.3) is 11.1 Å². The van der Waals surface area contributed by atoms with Crippen molar-refractivity contribution in [1.29, 1.82) is 0 Å². The maximum absolute atomic E-state index is 14.0. The molecule has 1 amide bonds. The first-order valence-corrected chi connectivity index (χ1v) is 9.08. The number of carboxylic acid groups (broad SMARTS) is 1. The van der Waals surface area contributed by atoms with Gasteiger partial charge in [0.2, 0.25) is 0 Å². The zero-order valence-electron chi connectivity index (χ0n) is 15.3. The second-order valence-corrected chi connectivity index (χ2v) is 7.29. The van der Waals surface area contributed by atoms with Crippen LogP contribution in [0.2, 0.25) is 5.02 Å². The van der Waals surface area contributed by atoms with E-state index in [0.717, 1.165) is 19.5 Å². The highest BCUT2D eigenvalue weighted by molar-refractivity contribution is 6.31. The summed E-state index contributed by atoms with van der Waals surface area (Å²) in [4.78, 5) is 15.5. The van der Waals surface area contributed by atoms with Crippen molar-refractivity contribution >= 4 is 23.4 Å². The molecular weight excluding hydrogens is 371 g/mol. The summed E-state index contributed by atoms with van der Waals surface area (Å²) in [6, 6.07) is 9.14. The molecule has 1 saturated heterocycles. The van der Waals surface area contributed by atoms with Crippen LogP contribution in [0, 0.1) is 11.7 Å². The fraction of sp³-hybridized carbons (Fsp3) is 0.350. The smallest absolute Gasteiger partial charge is 0.411 e. The summed E-state index contributed by atoms with van der Waals surface area (Å²) in [7, 11) is 3.54. The van der Waals surface area contributed by atoms with Crippen LogP contribution in [0.1, 0.15) is 6.42 Å². The van der Waals surface area contributed by atoms with E-state index in [4.69, 9.17) is 16.3 Å². The Kier molecular flexibility index (Phi) is 5.87. The highest BCUT2D eigenvalue weighted by atomic mass is 35.5. The molecule has 3 rings (SSSR count). The zero-order valence-corrected chi connectivity index (χ0v) is 16.0. The molecule has 1 unspecified atom stereocenters. The van der Waals surface area contributed by atoms with E-state index in [0.29, 0.717) is 34.1 Å². The Bertz CT molecular complexity index is 846. The van der Waals surface area contributed by atoms with Gasteiger partial charge < -0.3 is 14.7 Å². The zero-order chi connectivity index (χ0) is 19.6. The van der Waals surface area contributed by atoms with Crippen LogP contribution in [0.3, 0.4) is 0 Å². The van der Waals surface area contributed by atoms with Gasteiger partial charge in [-0.1, -0.05) is 11.6 Å². The van der Waals surface area contributed by atoms with Crippen LogP contribution < -0.4 is 9.64 Å². The number of carbonyl (C=O) groups is 1. The quantitative estimate of drug-likeness (QED) is 0.808.